The fourth-order valence-electron chi connectivity index (χ4n) is 2.37. The molecule has 0 saturated heterocycles. The molecular formula is C18H19Cl3N2O3S. The topological polar surface area (TPSA) is 66.5 Å². The molecule has 146 valence electrons. The summed E-state index contributed by atoms with van der Waals surface area (Å²) in [6.07, 6.45) is 0. The molecule has 9 heteroatoms. The Morgan fingerprint density at radius 1 is 1.04 bits per heavy atom. The second-order valence-corrected chi connectivity index (χ2v) is 9.34. The standard InChI is InChI=1S/C18H19Cl3N2O3S/c1-12(2)22-18(24)11-23(10-15-16(20)4-3-5-17(15)21)27(25,26)14-8-6-13(19)7-9-14/h3-9,12H,10-11H2,1-2H3,(H,22,24). The van der Waals surface area contributed by atoms with Gasteiger partial charge in [0.25, 0.3) is 0 Å². The molecule has 1 amide bonds. The normalized spacial score (nSPS) is 11.8. The first-order valence-electron chi connectivity index (χ1n) is 8.09. The molecule has 5 nitrogen and oxygen atoms in total. The predicted octanol–water partition coefficient (Wildman–Crippen LogP) is 4.36. The molecule has 0 heterocycles. The van der Waals surface area contributed by atoms with Gasteiger partial charge in [0, 0.05) is 33.2 Å². The molecular weight excluding hydrogens is 431 g/mol. The van der Waals surface area contributed by atoms with Gasteiger partial charge < -0.3 is 5.32 Å². The minimum absolute atomic E-state index is 0.0208. The van der Waals surface area contributed by atoms with E-state index in [1.54, 1.807) is 32.0 Å². The summed E-state index contributed by atoms with van der Waals surface area (Å²) in [5.74, 6) is -0.425. The summed E-state index contributed by atoms with van der Waals surface area (Å²) in [4.78, 5) is 12.3. The van der Waals surface area contributed by atoms with Crippen LogP contribution in [0.15, 0.2) is 47.4 Å². The van der Waals surface area contributed by atoms with Gasteiger partial charge in [-0.1, -0.05) is 40.9 Å². The van der Waals surface area contributed by atoms with Crippen LogP contribution in [0.4, 0.5) is 0 Å². The number of rotatable bonds is 7. The fraction of sp³-hybridized carbons (Fsp3) is 0.278. The number of nitrogens with one attached hydrogen (secondary N) is 1. The molecule has 27 heavy (non-hydrogen) atoms. The molecule has 0 aliphatic rings. The lowest BCUT2D eigenvalue weighted by Crippen LogP contribution is -2.42. The van der Waals surface area contributed by atoms with Crippen molar-refractivity contribution in [3.8, 4) is 0 Å². The van der Waals surface area contributed by atoms with Crippen molar-refractivity contribution >= 4 is 50.7 Å². The first-order valence-corrected chi connectivity index (χ1v) is 10.7. The molecule has 0 atom stereocenters. The van der Waals surface area contributed by atoms with E-state index in [4.69, 9.17) is 34.8 Å². The molecule has 0 unspecified atom stereocenters. The van der Waals surface area contributed by atoms with Gasteiger partial charge in [-0.05, 0) is 50.2 Å². The summed E-state index contributed by atoms with van der Waals surface area (Å²) in [7, 11) is -3.98. The third-order valence-corrected chi connectivity index (χ3v) is 6.38. The van der Waals surface area contributed by atoms with E-state index in [1.807, 2.05) is 0 Å². The lowest BCUT2D eigenvalue weighted by molar-refractivity contribution is -0.121. The van der Waals surface area contributed by atoms with Crippen LogP contribution >= 0.6 is 34.8 Å². The second-order valence-electron chi connectivity index (χ2n) is 6.15. The Bertz CT molecular complexity index is 896. The van der Waals surface area contributed by atoms with E-state index in [0.717, 1.165) is 4.31 Å². The fourth-order valence-corrected chi connectivity index (χ4v) is 4.38. The van der Waals surface area contributed by atoms with Gasteiger partial charge in [0.15, 0.2) is 0 Å². The summed E-state index contributed by atoms with van der Waals surface area (Å²) in [5.41, 5.74) is 0.427. The molecule has 0 bridgehead atoms. The third kappa shape index (κ3) is 5.83. The van der Waals surface area contributed by atoms with E-state index in [9.17, 15) is 13.2 Å². The van der Waals surface area contributed by atoms with Gasteiger partial charge in [0.2, 0.25) is 15.9 Å². The summed E-state index contributed by atoms with van der Waals surface area (Å²) in [6.45, 7) is 3.07. The Kier molecular flexibility index (Phi) is 7.54. The lowest BCUT2D eigenvalue weighted by Gasteiger charge is -2.23. The zero-order valence-electron chi connectivity index (χ0n) is 14.7. The van der Waals surface area contributed by atoms with Crippen molar-refractivity contribution in [1.82, 2.24) is 9.62 Å². The molecule has 0 fully saturated rings. The summed E-state index contributed by atoms with van der Waals surface area (Å²) >= 11 is 18.2. The second kappa shape index (κ2) is 9.26. The molecule has 2 aromatic rings. The molecule has 0 radical (unpaired) electrons. The molecule has 0 saturated carbocycles. The van der Waals surface area contributed by atoms with Crippen molar-refractivity contribution in [3.05, 3.63) is 63.1 Å². The van der Waals surface area contributed by atoms with E-state index < -0.39 is 15.9 Å². The Morgan fingerprint density at radius 3 is 2.11 bits per heavy atom. The quantitative estimate of drug-likeness (QED) is 0.683. The van der Waals surface area contributed by atoms with Gasteiger partial charge in [-0.15, -0.1) is 0 Å². The van der Waals surface area contributed by atoms with E-state index >= 15 is 0 Å². The van der Waals surface area contributed by atoms with Crippen molar-refractivity contribution < 1.29 is 13.2 Å². The average molecular weight is 450 g/mol. The van der Waals surface area contributed by atoms with Crippen molar-refractivity contribution in [3.63, 3.8) is 0 Å². The Balaban J connectivity index is 2.42. The minimum atomic E-state index is -3.98. The van der Waals surface area contributed by atoms with Gasteiger partial charge in [-0.25, -0.2) is 8.42 Å². The number of carbonyl (C=O) groups excluding carboxylic acids is 1. The molecule has 0 aromatic heterocycles. The maximum Gasteiger partial charge on any atom is 0.243 e. The van der Waals surface area contributed by atoms with Crippen LogP contribution in [-0.4, -0.2) is 31.2 Å². The van der Waals surface area contributed by atoms with Crippen LogP contribution in [-0.2, 0) is 21.4 Å². The predicted molar refractivity (Wildman–Crippen MR) is 109 cm³/mol. The number of sulfonamides is 1. The molecule has 0 aliphatic carbocycles. The number of hydrogen-bond donors (Lipinski definition) is 1. The highest BCUT2D eigenvalue weighted by Gasteiger charge is 2.28. The van der Waals surface area contributed by atoms with E-state index in [2.05, 4.69) is 5.32 Å². The number of carbonyl (C=O) groups is 1. The number of benzene rings is 2. The minimum Gasteiger partial charge on any atom is -0.353 e. The largest absolute Gasteiger partial charge is 0.353 e. The Labute approximate surface area is 174 Å². The summed E-state index contributed by atoms with van der Waals surface area (Å²) in [6, 6.07) is 10.5. The Hall–Kier alpha value is -1.31. The van der Waals surface area contributed by atoms with Gasteiger partial charge in [0.1, 0.15) is 0 Å². The first kappa shape index (κ1) is 22.0. The van der Waals surface area contributed by atoms with Crippen LogP contribution in [0.1, 0.15) is 19.4 Å². The number of hydrogen-bond acceptors (Lipinski definition) is 3. The molecule has 1 N–H and O–H groups in total. The van der Waals surface area contributed by atoms with Crippen LogP contribution in [0.5, 0.6) is 0 Å². The zero-order valence-corrected chi connectivity index (χ0v) is 17.8. The van der Waals surface area contributed by atoms with Crippen LogP contribution in [0.25, 0.3) is 0 Å². The van der Waals surface area contributed by atoms with Gasteiger partial charge in [-0.3, -0.25) is 4.79 Å². The maximum absolute atomic E-state index is 13.1. The summed E-state index contributed by atoms with van der Waals surface area (Å²) < 4.78 is 27.3. The zero-order chi connectivity index (χ0) is 20.2. The molecule has 2 rings (SSSR count). The van der Waals surface area contributed by atoms with Gasteiger partial charge in [0.05, 0.1) is 11.4 Å². The highest BCUT2D eigenvalue weighted by Crippen LogP contribution is 2.28. The van der Waals surface area contributed by atoms with Gasteiger partial charge in [-0.2, -0.15) is 4.31 Å². The average Bonchev–Trinajstić information content (AvgIpc) is 2.57. The van der Waals surface area contributed by atoms with Gasteiger partial charge >= 0.3 is 0 Å². The van der Waals surface area contributed by atoms with Crippen molar-refractivity contribution in [2.45, 2.75) is 31.3 Å². The van der Waals surface area contributed by atoms with Crippen LogP contribution in [0, 0.1) is 0 Å². The first-order chi connectivity index (χ1) is 12.6. The lowest BCUT2D eigenvalue weighted by atomic mass is 10.2. The van der Waals surface area contributed by atoms with Crippen molar-refractivity contribution in [2.75, 3.05) is 6.54 Å². The van der Waals surface area contributed by atoms with E-state index in [1.165, 1.54) is 24.3 Å². The van der Waals surface area contributed by atoms with Crippen LogP contribution in [0.2, 0.25) is 15.1 Å². The maximum atomic E-state index is 13.1. The van der Waals surface area contributed by atoms with Crippen molar-refractivity contribution in [2.24, 2.45) is 0 Å². The number of nitrogens with zero attached hydrogens (tertiary/aromatic N) is 1. The van der Waals surface area contributed by atoms with Crippen molar-refractivity contribution in [1.29, 1.82) is 0 Å². The highest BCUT2D eigenvalue weighted by atomic mass is 35.5. The molecule has 0 aliphatic heterocycles. The van der Waals surface area contributed by atoms with Crippen LogP contribution < -0.4 is 5.32 Å². The smallest absolute Gasteiger partial charge is 0.243 e. The monoisotopic (exact) mass is 448 g/mol. The van der Waals surface area contributed by atoms with E-state index in [-0.39, 0.29) is 24.0 Å². The number of halogens is 3. The summed E-state index contributed by atoms with van der Waals surface area (Å²) in [5, 5.41) is 3.74. The highest BCUT2D eigenvalue weighted by molar-refractivity contribution is 7.89. The van der Waals surface area contributed by atoms with Crippen LogP contribution in [0.3, 0.4) is 0 Å². The molecule has 0 spiro atoms. The van der Waals surface area contributed by atoms with E-state index in [0.29, 0.717) is 20.6 Å². The number of amides is 1. The third-order valence-electron chi connectivity index (χ3n) is 3.62. The SMILES string of the molecule is CC(C)NC(=O)CN(Cc1c(Cl)cccc1Cl)S(=O)(=O)c1ccc(Cl)cc1. The Morgan fingerprint density at radius 2 is 1.59 bits per heavy atom. The molecule has 2 aromatic carbocycles.